The topological polar surface area (TPSA) is 20.2 Å². The quantitative estimate of drug-likeness (QED) is 0.0602. The maximum atomic E-state index is 9.12. The zero-order valence-electron chi connectivity index (χ0n) is 70.8. The molecule has 0 fully saturated rings. The Labute approximate surface area is 631 Å². The molecule has 0 saturated heterocycles. The molecule has 570 valence electrons. The Morgan fingerprint density at radius 2 is 0.277 bits per heavy atom. The van der Waals surface area contributed by atoms with Gasteiger partial charge in [-0.2, -0.15) is 0 Å². The Kier molecular flexibility index (Phi) is 61.4. The minimum atomic E-state index is 0.308. The average molecular weight is 1380 g/mol. The summed E-state index contributed by atoms with van der Waals surface area (Å²) in [6.07, 6.45) is 91.8. The van der Waals surface area contributed by atoms with Crippen LogP contribution in [0.4, 0.5) is 0 Å². The van der Waals surface area contributed by atoms with Crippen molar-refractivity contribution in [2.24, 2.45) is 5.92 Å². The van der Waals surface area contributed by atoms with Crippen LogP contribution in [-0.2, 0) is 0 Å². The molecule has 1 heteroatoms. The molecule has 0 unspecified atom stereocenters. The number of hydrogen-bond donors (Lipinski definition) is 1. The fourth-order valence-corrected chi connectivity index (χ4v) is 12.7. The van der Waals surface area contributed by atoms with Crippen LogP contribution in [0, 0.1) is 5.92 Å². The summed E-state index contributed by atoms with van der Waals surface area (Å²) in [6.45, 7) is 48.5. The van der Waals surface area contributed by atoms with Crippen LogP contribution in [0.2, 0.25) is 0 Å². The van der Waals surface area contributed by atoms with E-state index in [2.05, 4.69) is 261 Å². The summed E-state index contributed by atoms with van der Waals surface area (Å²) in [6, 6.07) is 0. The molecular weight excluding hydrogens is 1220 g/mol. The average Bonchev–Trinajstić information content (AvgIpc) is 3.74. The summed E-state index contributed by atoms with van der Waals surface area (Å²) in [4.78, 5) is 0. The maximum absolute atomic E-state index is 9.12. The molecule has 0 bridgehead atoms. The van der Waals surface area contributed by atoms with Crippen molar-refractivity contribution in [1.82, 2.24) is 0 Å². The maximum Gasteiger partial charge on any atom is 0.0433 e. The van der Waals surface area contributed by atoms with E-state index >= 15 is 0 Å². The summed E-state index contributed by atoms with van der Waals surface area (Å²) < 4.78 is 0. The summed E-state index contributed by atoms with van der Waals surface area (Å²) in [5.74, 6) is 0.611. The van der Waals surface area contributed by atoms with E-state index in [1.54, 1.807) is 0 Å². The Morgan fingerprint density at radius 1 is 0.168 bits per heavy atom. The highest BCUT2D eigenvalue weighted by molar-refractivity contribution is 5.15. The number of allylic oxidation sites excluding steroid dienone is 38. The molecule has 0 saturated carbocycles. The zero-order valence-corrected chi connectivity index (χ0v) is 70.8. The molecule has 0 aromatic rings. The number of rotatable bonds is 59. The lowest BCUT2D eigenvalue weighted by Crippen LogP contribution is -1.97. The third kappa shape index (κ3) is 65.5. The van der Waals surface area contributed by atoms with Crippen LogP contribution in [-0.4, -0.2) is 11.7 Å². The van der Waals surface area contributed by atoms with Crippen LogP contribution in [0.3, 0.4) is 0 Å². The first-order valence-electron chi connectivity index (χ1n) is 41.3. The molecule has 0 aliphatic heterocycles. The van der Waals surface area contributed by atoms with Crippen LogP contribution >= 0.6 is 0 Å². The van der Waals surface area contributed by atoms with Gasteiger partial charge < -0.3 is 5.11 Å². The molecule has 0 aromatic heterocycles. The van der Waals surface area contributed by atoms with Crippen molar-refractivity contribution in [3.05, 3.63) is 221 Å². The molecule has 1 nitrogen and oxygen atoms in total. The lowest BCUT2D eigenvalue weighted by atomic mass is 10.0. The smallest absolute Gasteiger partial charge is 0.0433 e. The fraction of sp³-hybridized carbons (Fsp3) is 0.620. The molecule has 0 spiro atoms. The number of hydrogen-bond acceptors (Lipinski definition) is 1. The lowest BCUT2D eigenvalue weighted by Gasteiger charge is -2.07. The van der Waals surface area contributed by atoms with Gasteiger partial charge in [-0.3, -0.25) is 0 Å². The van der Waals surface area contributed by atoms with Gasteiger partial charge in [0.25, 0.3) is 0 Å². The van der Waals surface area contributed by atoms with E-state index in [0.29, 0.717) is 12.5 Å². The Balaban J connectivity index is 4.35. The summed E-state index contributed by atoms with van der Waals surface area (Å²) in [7, 11) is 0. The van der Waals surface area contributed by atoms with E-state index in [0.717, 1.165) is 128 Å². The van der Waals surface area contributed by atoms with E-state index in [1.807, 2.05) is 0 Å². The second-order valence-electron chi connectivity index (χ2n) is 32.1. The third-order valence-corrected chi connectivity index (χ3v) is 20.4. The Bertz CT molecular complexity index is 2860. The van der Waals surface area contributed by atoms with Crippen molar-refractivity contribution in [3.8, 4) is 0 Å². The van der Waals surface area contributed by atoms with E-state index in [1.165, 1.54) is 228 Å². The van der Waals surface area contributed by atoms with Crippen LogP contribution in [0.1, 0.15) is 396 Å². The van der Waals surface area contributed by atoms with Crippen molar-refractivity contribution >= 4 is 0 Å². The summed E-state index contributed by atoms with van der Waals surface area (Å²) >= 11 is 0. The molecule has 1 atom stereocenters. The van der Waals surface area contributed by atoms with Gasteiger partial charge in [0.1, 0.15) is 0 Å². The fourth-order valence-electron chi connectivity index (χ4n) is 12.7. The highest BCUT2D eigenvalue weighted by Crippen LogP contribution is 2.23. The van der Waals surface area contributed by atoms with E-state index < -0.39 is 0 Å². The van der Waals surface area contributed by atoms with Crippen molar-refractivity contribution < 1.29 is 5.11 Å². The van der Waals surface area contributed by atoms with Crippen molar-refractivity contribution in [2.75, 3.05) is 6.61 Å². The van der Waals surface area contributed by atoms with Crippen molar-refractivity contribution in [3.63, 3.8) is 0 Å². The molecule has 101 heavy (non-hydrogen) atoms. The normalized spacial score (nSPS) is 15.5. The predicted molar refractivity (Wildman–Crippen MR) is 463 cm³/mol. The molecule has 0 radical (unpaired) electrons. The van der Waals surface area contributed by atoms with Gasteiger partial charge in [0.15, 0.2) is 0 Å². The molecule has 0 amide bonds. The van der Waals surface area contributed by atoms with E-state index in [9.17, 15) is 0 Å². The molecule has 0 aliphatic rings. The number of aliphatic hydroxyl groups is 1. The predicted octanol–water partition coefficient (Wildman–Crippen LogP) is 33.8. The zero-order chi connectivity index (χ0) is 75.3. The van der Waals surface area contributed by atoms with E-state index in [-0.39, 0.29) is 0 Å². The first-order chi connectivity index (χ1) is 48.3. The standard InChI is InChI=1S/C100H164O/c1-81(2)41-22-42-82(3)43-23-44-83(4)45-24-46-84(5)47-25-48-85(6)49-26-50-86(7)51-27-52-87(8)53-28-54-88(9)55-29-56-89(10)57-30-58-90(11)59-31-60-91(12)61-32-62-92(13)63-33-64-93(14)65-34-66-94(15)67-35-68-95(16)69-36-70-96(17)71-37-72-97(18)73-38-74-98(19)75-39-76-99(20)77-40-78-100(21)79-80-101/h41,43,45,47,49,51,53,55,57,59,61,63,65,67,69,71,73,75,77,100-101H,22-40,42,44,46,48,50,52,54,56,58,60,62,64,66,68,70,72,74,76,78-80H2,1-21H3/b82-43+,83-45+,84-47+,85-49+,86-51+,87-53+,88-55+,89-57+,90-59+,91-61+,92-63+,93-65+,94-67+,95-69+,96-71+,97-73+,98-75+,99-77+/t100-/m0/s1. The van der Waals surface area contributed by atoms with Gasteiger partial charge in [0.05, 0.1) is 0 Å². The third-order valence-electron chi connectivity index (χ3n) is 20.4. The Hall–Kier alpha value is -4.98. The van der Waals surface area contributed by atoms with Gasteiger partial charge in [-0.15, -0.1) is 0 Å². The molecule has 0 rings (SSSR count). The van der Waals surface area contributed by atoms with Crippen molar-refractivity contribution in [2.45, 2.75) is 396 Å². The highest BCUT2D eigenvalue weighted by atomic mass is 16.3. The second kappa shape index (κ2) is 64.6. The largest absolute Gasteiger partial charge is 0.396 e. The van der Waals surface area contributed by atoms with Gasteiger partial charge in [0, 0.05) is 6.61 Å². The molecular formula is C100H164O. The summed E-state index contributed by atoms with van der Waals surface area (Å²) in [5.41, 5.74) is 28.9. The van der Waals surface area contributed by atoms with Gasteiger partial charge in [-0.1, -0.05) is 228 Å². The van der Waals surface area contributed by atoms with Crippen LogP contribution in [0.5, 0.6) is 0 Å². The molecule has 0 heterocycles. The monoisotopic (exact) mass is 1380 g/mol. The minimum absolute atomic E-state index is 0.308. The van der Waals surface area contributed by atoms with E-state index in [4.69, 9.17) is 5.11 Å². The highest BCUT2D eigenvalue weighted by Gasteiger charge is 2.04. The Morgan fingerprint density at radius 3 is 0.386 bits per heavy atom. The van der Waals surface area contributed by atoms with Gasteiger partial charge in [-0.05, 0) is 395 Å². The number of aliphatic hydroxyl groups excluding tert-OH is 1. The SMILES string of the molecule is CC(C)=CCC/C(C)=C/CC/C(C)=C/CC/C(C)=C/CC/C(C)=C/CC/C(C)=C/CC/C(C)=C/CC/C(C)=C/CC/C(C)=C/CC/C(C)=C/CC/C(C)=C/CC/C(C)=C/CC/C(C)=C/CC/C(C)=C/CC/C(C)=C/CC/C(C)=C/CC/C(C)=C/CC/C(C)=C/CC/C(C)=C/CC[C@H](C)CCO. The van der Waals surface area contributed by atoms with Crippen LogP contribution < -0.4 is 0 Å². The molecule has 1 N–H and O–H groups in total. The second-order valence-corrected chi connectivity index (χ2v) is 32.1. The van der Waals surface area contributed by atoms with Crippen LogP contribution in [0.25, 0.3) is 0 Å². The minimum Gasteiger partial charge on any atom is -0.396 e. The van der Waals surface area contributed by atoms with Crippen LogP contribution in [0.15, 0.2) is 221 Å². The van der Waals surface area contributed by atoms with Gasteiger partial charge in [-0.25, -0.2) is 0 Å². The summed E-state index contributed by atoms with van der Waals surface area (Å²) in [5, 5.41) is 9.12. The first kappa shape index (κ1) is 96.0. The van der Waals surface area contributed by atoms with Crippen molar-refractivity contribution in [1.29, 1.82) is 0 Å². The first-order valence-corrected chi connectivity index (χ1v) is 41.3. The van der Waals surface area contributed by atoms with Gasteiger partial charge in [0.2, 0.25) is 0 Å². The molecule has 0 aliphatic carbocycles. The lowest BCUT2D eigenvalue weighted by molar-refractivity contribution is 0.259. The molecule has 0 aromatic carbocycles. The van der Waals surface area contributed by atoms with Gasteiger partial charge >= 0.3 is 0 Å².